The first-order valence-electron chi connectivity index (χ1n) is 6.36. The van der Waals surface area contributed by atoms with Crippen LogP contribution in [0, 0.1) is 0 Å². The molecule has 0 saturated carbocycles. The number of hydrogen-bond acceptors (Lipinski definition) is 1. The van der Waals surface area contributed by atoms with Gasteiger partial charge in [0.15, 0.2) is 0 Å². The summed E-state index contributed by atoms with van der Waals surface area (Å²) in [5.41, 5.74) is 1.84. The van der Waals surface area contributed by atoms with Gasteiger partial charge in [-0.2, -0.15) is 13.2 Å². The molecule has 1 nitrogen and oxygen atoms in total. The predicted molar refractivity (Wildman–Crippen MR) is 77.6 cm³/mol. The summed E-state index contributed by atoms with van der Waals surface area (Å²) in [5, 5.41) is 3.65. The zero-order valence-corrected chi connectivity index (χ0v) is 11.6. The van der Waals surface area contributed by atoms with Crippen molar-refractivity contribution in [3.05, 3.63) is 69.7 Å². The fraction of sp³-hybridized carbons (Fsp3) is 0.125. The Labute approximate surface area is 125 Å². The monoisotopic (exact) mass is 309 g/mol. The predicted octanol–water partition coefficient (Wildman–Crippen LogP) is 4.96. The van der Waals surface area contributed by atoms with E-state index in [9.17, 15) is 13.2 Å². The first kappa shape index (κ1) is 14.0. The number of halogens is 4. The quantitative estimate of drug-likeness (QED) is 0.785. The molecular formula is C16H11ClF3N. The van der Waals surface area contributed by atoms with Crippen molar-refractivity contribution in [3.63, 3.8) is 0 Å². The molecule has 0 unspecified atom stereocenters. The molecule has 5 heteroatoms. The Balaban J connectivity index is 2.09. The molecule has 0 radical (unpaired) electrons. The standard InChI is InChI=1S/C16H11ClF3N/c17-12-6-5-10-8-15(21-9-11(10)7-12)13-3-1-2-4-14(13)16(18,19)20/h1-8,21H,9H2. The highest BCUT2D eigenvalue weighted by atomic mass is 35.5. The van der Waals surface area contributed by atoms with Gasteiger partial charge in [-0.05, 0) is 35.4 Å². The normalized spacial score (nSPS) is 14.2. The van der Waals surface area contributed by atoms with Crippen LogP contribution in [0.1, 0.15) is 22.3 Å². The van der Waals surface area contributed by atoms with E-state index in [2.05, 4.69) is 5.32 Å². The third-order valence-electron chi connectivity index (χ3n) is 3.40. The third-order valence-corrected chi connectivity index (χ3v) is 3.63. The Bertz CT molecular complexity index is 720. The van der Waals surface area contributed by atoms with Gasteiger partial charge in [-0.3, -0.25) is 0 Å². The maximum Gasteiger partial charge on any atom is 0.417 e. The van der Waals surface area contributed by atoms with Gasteiger partial charge in [0, 0.05) is 22.8 Å². The molecule has 1 heterocycles. The van der Waals surface area contributed by atoms with Gasteiger partial charge in [0.25, 0.3) is 0 Å². The Morgan fingerprint density at radius 2 is 1.81 bits per heavy atom. The van der Waals surface area contributed by atoms with Crippen LogP contribution in [-0.2, 0) is 12.7 Å². The summed E-state index contributed by atoms with van der Waals surface area (Å²) in [6, 6.07) is 10.9. The van der Waals surface area contributed by atoms with E-state index in [1.54, 1.807) is 18.2 Å². The smallest absolute Gasteiger partial charge is 0.380 e. The first-order valence-corrected chi connectivity index (χ1v) is 6.73. The third kappa shape index (κ3) is 2.76. The number of fused-ring (bicyclic) bond motifs is 1. The zero-order valence-electron chi connectivity index (χ0n) is 10.8. The number of hydrogen-bond donors (Lipinski definition) is 1. The second-order valence-electron chi connectivity index (χ2n) is 4.80. The van der Waals surface area contributed by atoms with Crippen LogP contribution in [-0.4, -0.2) is 0 Å². The average molecular weight is 310 g/mol. The van der Waals surface area contributed by atoms with Crippen LogP contribution in [0.3, 0.4) is 0 Å². The van der Waals surface area contributed by atoms with Gasteiger partial charge in [-0.1, -0.05) is 35.9 Å². The number of alkyl halides is 3. The Morgan fingerprint density at radius 3 is 2.57 bits per heavy atom. The molecule has 0 aromatic heterocycles. The lowest BCUT2D eigenvalue weighted by atomic mass is 9.97. The van der Waals surface area contributed by atoms with Crippen LogP contribution in [0.4, 0.5) is 13.2 Å². The van der Waals surface area contributed by atoms with E-state index in [1.165, 1.54) is 12.1 Å². The second kappa shape index (κ2) is 5.11. The van der Waals surface area contributed by atoms with Gasteiger partial charge in [0.2, 0.25) is 0 Å². The van der Waals surface area contributed by atoms with Crippen LogP contribution < -0.4 is 5.32 Å². The zero-order chi connectivity index (χ0) is 15.0. The largest absolute Gasteiger partial charge is 0.417 e. The van der Waals surface area contributed by atoms with Crippen molar-refractivity contribution < 1.29 is 13.2 Å². The van der Waals surface area contributed by atoms with Crippen LogP contribution in [0.5, 0.6) is 0 Å². The van der Waals surface area contributed by atoms with Crippen molar-refractivity contribution in [2.75, 3.05) is 0 Å². The molecule has 0 fully saturated rings. The highest BCUT2D eigenvalue weighted by molar-refractivity contribution is 6.30. The van der Waals surface area contributed by atoms with E-state index in [1.807, 2.05) is 12.1 Å². The lowest BCUT2D eigenvalue weighted by molar-refractivity contribution is -0.137. The van der Waals surface area contributed by atoms with E-state index in [-0.39, 0.29) is 5.56 Å². The molecule has 0 bridgehead atoms. The molecule has 3 rings (SSSR count). The highest BCUT2D eigenvalue weighted by Gasteiger charge is 2.34. The average Bonchev–Trinajstić information content (AvgIpc) is 2.46. The summed E-state index contributed by atoms with van der Waals surface area (Å²) in [6.45, 7) is 0.452. The fourth-order valence-corrected chi connectivity index (χ4v) is 2.60. The molecule has 2 aromatic carbocycles. The Kier molecular flexibility index (Phi) is 3.41. The van der Waals surface area contributed by atoms with Crippen molar-refractivity contribution in [1.29, 1.82) is 0 Å². The molecule has 0 amide bonds. The molecule has 0 aliphatic carbocycles. The Hall–Kier alpha value is -1.94. The van der Waals surface area contributed by atoms with Gasteiger partial charge >= 0.3 is 6.18 Å². The van der Waals surface area contributed by atoms with E-state index in [0.29, 0.717) is 17.3 Å². The van der Waals surface area contributed by atoms with Crippen molar-refractivity contribution >= 4 is 23.4 Å². The minimum absolute atomic E-state index is 0.158. The van der Waals surface area contributed by atoms with E-state index in [4.69, 9.17) is 11.6 Å². The molecule has 1 N–H and O–H groups in total. The van der Waals surface area contributed by atoms with Crippen molar-refractivity contribution in [2.24, 2.45) is 0 Å². The molecule has 1 aliphatic rings. The van der Waals surface area contributed by atoms with Crippen LogP contribution in [0.2, 0.25) is 5.02 Å². The summed E-state index contributed by atoms with van der Waals surface area (Å²) < 4.78 is 39.2. The van der Waals surface area contributed by atoms with Gasteiger partial charge in [-0.15, -0.1) is 0 Å². The molecule has 1 aliphatic heterocycles. The fourth-order valence-electron chi connectivity index (χ4n) is 2.40. The van der Waals surface area contributed by atoms with Crippen LogP contribution in [0.25, 0.3) is 11.8 Å². The molecule has 108 valence electrons. The summed E-state index contributed by atoms with van der Waals surface area (Å²) in [5.74, 6) is 0. The summed E-state index contributed by atoms with van der Waals surface area (Å²) in [7, 11) is 0. The van der Waals surface area contributed by atoms with Gasteiger partial charge < -0.3 is 5.32 Å². The van der Waals surface area contributed by atoms with Crippen molar-refractivity contribution in [2.45, 2.75) is 12.7 Å². The number of nitrogens with one attached hydrogen (secondary N) is 1. The molecule has 0 atom stereocenters. The summed E-state index contributed by atoms with van der Waals surface area (Å²) in [6.07, 6.45) is -2.65. The van der Waals surface area contributed by atoms with Gasteiger partial charge in [0.05, 0.1) is 5.56 Å². The van der Waals surface area contributed by atoms with Crippen molar-refractivity contribution in [3.8, 4) is 0 Å². The molecule has 0 saturated heterocycles. The van der Waals surface area contributed by atoms with Crippen molar-refractivity contribution in [1.82, 2.24) is 5.32 Å². The van der Waals surface area contributed by atoms with Crippen LogP contribution in [0.15, 0.2) is 42.5 Å². The number of rotatable bonds is 1. The SMILES string of the molecule is FC(F)(F)c1ccccc1C1=Cc2ccc(Cl)cc2CN1. The van der Waals surface area contributed by atoms with Crippen LogP contribution >= 0.6 is 11.6 Å². The topological polar surface area (TPSA) is 12.0 Å². The van der Waals surface area contributed by atoms with E-state index >= 15 is 0 Å². The Morgan fingerprint density at radius 1 is 1.05 bits per heavy atom. The van der Waals surface area contributed by atoms with Gasteiger partial charge in [-0.25, -0.2) is 0 Å². The maximum atomic E-state index is 13.1. The number of benzene rings is 2. The molecular weight excluding hydrogens is 299 g/mol. The lowest BCUT2D eigenvalue weighted by Crippen LogP contribution is -2.19. The van der Waals surface area contributed by atoms with E-state index < -0.39 is 11.7 Å². The minimum Gasteiger partial charge on any atom is -0.380 e. The second-order valence-corrected chi connectivity index (χ2v) is 5.23. The van der Waals surface area contributed by atoms with E-state index in [0.717, 1.165) is 17.2 Å². The maximum absolute atomic E-state index is 13.1. The highest BCUT2D eigenvalue weighted by Crippen LogP contribution is 2.36. The minimum atomic E-state index is -4.38. The molecule has 21 heavy (non-hydrogen) atoms. The first-order chi connectivity index (χ1) is 9.95. The molecule has 0 spiro atoms. The molecule has 2 aromatic rings. The van der Waals surface area contributed by atoms with Gasteiger partial charge in [0.1, 0.15) is 0 Å². The lowest BCUT2D eigenvalue weighted by Gasteiger charge is -2.22. The summed E-state index contributed by atoms with van der Waals surface area (Å²) >= 11 is 5.92. The summed E-state index contributed by atoms with van der Waals surface area (Å²) in [4.78, 5) is 0.